The Bertz CT molecular complexity index is 979. The number of ether oxygens (including phenoxy) is 3. The standard InChI is InChI=1S/C35H66O7SSi2/c1-14-19-32(37)40-30-26-29(42-45(12,13)35(6,7)8)28(33(30)43-25-18-16-17-20-31(36)38-9)22-21-27(23-24-39-15-2)41-44(10,11)34(3,4)5/h21-22,27-29H,14-20,23-26H2,1-13H3/t27-,28+,29-/m1/s1. The maximum absolute atomic E-state index is 12.8. The van der Waals surface area contributed by atoms with Gasteiger partial charge in [-0.2, -0.15) is 0 Å². The highest BCUT2D eigenvalue weighted by Crippen LogP contribution is 2.47. The van der Waals surface area contributed by atoms with Gasteiger partial charge in [0.1, 0.15) is 5.76 Å². The van der Waals surface area contributed by atoms with Crippen molar-refractivity contribution in [2.75, 3.05) is 26.1 Å². The molecule has 0 aromatic carbocycles. The lowest BCUT2D eigenvalue weighted by atomic mass is 10.0. The molecule has 45 heavy (non-hydrogen) atoms. The van der Waals surface area contributed by atoms with Crippen LogP contribution in [-0.2, 0) is 32.7 Å². The van der Waals surface area contributed by atoms with E-state index >= 15 is 0 Å². The first kappa shape index (κ1) is 42.1. The van der Waals surface area contributed by atoms with Crippen LogP contribution in [0.1, 0.15) is 107 Å². The van der Waals surface area contributed by atoms with E-state index in [9.17, 15) is 9.59 Å². The fourth-order valence-corrected chi connectivity index (χ4v) is 8.40. The van der Waals surface area contributed by atoms with Gasteiger partial charge in [-0.25, -0.2) is 0 Å². The molecule has 0 aromatic heterocycles. The summed E-state index contributed by atoms with van der Waals surface area (Å²) in [4.78, 5) is 25.4. The van der Waals surface area contributed by atoms with Gasteiger partial charge in [-0.15, -0.1) is 11.8 Å². The summed E-state index contributed by atoms with van der Waals surface area (Å²) in [6, 6.07) is 0. The molecule has 1 aliphatic carbocycles. The van der Waals surface area contributed by atoms with Crippen LogP contribution in [0.4, 0.5) is 0 Å². The van der Waals surface area contributed by atoms with Gasteiger partial charge in [0, 0.05) is 43.3 Å². The van der Waals surface area contributed by atoms with Crippen molar-refractivity contribution in [2.24, 2.45) is 5.92 Å². The number of carbonyl (C=O) groups excluding carboxylic acids is 2. The number of hydrogen-bond acceptors (Lipinski definition) is 8. The van der Waals surface area contributed by atoms with Crippen molar-refractivity contribution in [1.29, 1.82) is 0 Å². The molecule has 0 bridgehead atoms. The summed E-state index contributed by atoms with van der Waals surface area (Å²) in [5.41, 5.74) is 0. The van der Waals surface area contributed by atoms with E-state index in [0.717, 1.165) is 48.5 Å². The van der Waals surface area contributed by atoms with Crippen molar-refractivity contribution in [1.82, 2.24) is 0 Å². The fraction of sp³-hybridized carbons (Fsp3) is 0.829. The normalized spacial score (nSPS) is 19.0. The first-order valence-electron chi connectivity index (χ1n) is 17.0. The second-order valence-corrected chi connectivity index (χ2v) is 25.8. The third-order valence-corrected chi connectivity index (χ3v) is 19.7. The summed E-state index contributed by atoms with van der Waals surface area (Å²) in [5, 5.41) is 0.128. The van der Waals surface area contributed by atoms with E-state index in [0.29, 0.717) is 32.5 Å². The van der Waals surface area contributed by atoms with Crippen LogP contribution in [0.5, 0.6) is 0 Å². The topological polar surface area (TPSA) is 80.3 Å². The minimum Gasteiger partial charge on any atom is -0.469 e. The fourth-order valence-electron chi connectivity index (χ4n) is 4.48. The number of hydrogen-bond donors (Lipinski definition) is 0. The lowest BCUT2D eigenvalue weighted by Crippen LogP contribution is -2.45. The molecule has 0 saturated heterocycles. The Morgan fingerprint density at radius 1 is 0.933 bits per heavy atom. The summed E-state index contributed by atoms with van der Waals surface area (Å²) in [6.07, 6.45) is 9.92. The third-order valence-electron chi connectivity index (χ3n) is 9.35. The second kappa shape index (κ2) is 19.2. The molecule has 1 aliphatic rings. The Hall–Kier alpha value is -0.916. The molecule has 0 aromatic rings. The lowest BCUT2D eigenvalue weighted by molar-refractivity contribution is -0.141. The molecule has 0 radical (unpaired) electrons. The predicted molar refractivity (Wildman–Crippen MR) is 193 cm³/mol. The third kappa shape index (κ3) is 14.4. The van der Waals surface area contributed by atoms with E-state index in [1.807, 2.05) is 13.8 Å². The highest BCUT2D eigenvalue weighted by Gasteiger charge is 2.45. The molecule has 3 atom stereocenters. The van der Waals surface area contributed by atoms with E-state index < -0.39 is 16.6 Å². The smallest absolute Gasteiger partial charge is 0.310 e. The van der Waals surface area contributed by atoms with Crippen LogP contribution in [0.25, 0.3) is 0 Å². The van der Waals surface area contributed by atoms with Crippen LogP contribution < -0.4 is 0 Å². The van der Waals surface area contributed by atoms with Crippen LogP contribution >= 0.6 is 11.8 Å². The Morgan fingerprint density at radius 3 is 2.13 bits per heavy atom. The van der Waals surface area contributed by atoms with Crippen LogP contribution in [-0.4, -0.2) is 66.9 Å². The maximum atomic E-state index is 12.8. The zero-order valence-corrected chi connectivity index (χ0v) is 33.7. The quantitative estimate of drug-likeness (QED) is 0.0542. The SMILES string of the molecule is CCCC(=O)OC1=C(SCCCCCC(=O)OC)[C@@H](C=C[C@H](CCOCC)O[Si](C)(C)C(C)(C)C)[C@H](O[Si](C)(C)C(C)(C)C)C1. The molecule has 0 heterocycles. The van der Waals surface area contributed by atoms with Crippen molar-refractivity contribution in [3.8, 4) is 0 Å². The molecule has 10 heteroatoms. The monoisotopic (exact) mass is 686 g/mol. The lowest BCUT2D eigenvalue weighted by Gasteiger charge is -2.40. The van der Waals surface area contributed by atoms with Gasteiger partial charge in [-0.3, -0.25) is 9.59 Å². The zero-order valence-electron chi connectivity index (χ0n) is 30.9. The van der Waals surface area contributed by atoms with Crippen LogP contribution in [0.3, 0.4) is 0 Å². The largest absolute Gasteiger partial charge is 0.469 e. The Morgan fingerprint density at radius 2 is 1.58 bits per heavy atom. The number of methoxy groups -OCH3 is 1. The summed E-state index contributed by atoms with van der Waals surface area (Å²) >= 11 is 1.77. The second-order valence-electron chi connectivity index (χ2n) is 15.2. The van der Waals surface area contributed by atoms with Crippen molar-refractivity contribution >= 4 is 40.3 Å². The molecule has 0 N–H and O–H groups in total. The average molecular weight is 687 g/mol. The molecule has 7 nitrogen and oxygen atoms in total. The minimum atomic E-state index is -2.13. The highest BCUT2D eigenvalue weighted by molar-refractivity contribution is 8.03. The molecule has 0 saturated carbocycles. The van der Waals surface area contributed by atoms with Gasteiger partial charge in [-0.1, -0.05) is 67.0 Å². The maximum Gasteiger partial charge on any atom is 0.310 e. The molecule has 0 unspecified atom stereocenters. The Labute approximate surface area is 282 Å². The van der Waals surface area contributed by atoms with Crippen molar-refractivity contribution in [3.63, 3.8) is 0 Å². The predicted octanol–water partition coefficient (Wildman–Crippen LogP) is 9.79. The molecule has 0 spiro atoms. The van der Waals surface area contributed by atoms with Crippen molar-refractivity contribution in [2.45, 2.75) is 155 Å². The van der Waals surface area contributed by atoms with Gasteiger partial charge in [0.25, 0.3) is 0 Å². The average Bonchev–Trinajstić information content (AvgIpc) is 3.21. The van der Waals surface area contributed by atoms with Crippen LogP contribution in [0.2, 0.25) is 36.3 Å². The molecular formula is C35H66O7SSi2. The molecule has 1 rings (SSSR count). The van der Waals surface area contributed by atoms with E-state index in [-0.39, 0.29) is 40.1 Å². The van der Waals surface area contributed by atoms with Gasteiger partial charge in [0.2, 0.25) is 0 Å². The zero-order chi connectivity index (χ0) is 34.5. The molecular weight excluding hydrogens is 621 g/mol. The number of carbonyl (C=O) groups is 2. The first-order chi connectivity index (χ1) is 20.8. The van der Waals surface area contributed by atoms with E-state index in [1.54, 1.807) is 11.8 Å². The van der Waals surface area contributed by atoms with Gasteiger partial charge >= 0.3 is 11.9 Å². The number of thioether (sulfide) groups is 1. The Kier molecular flexibility index (Phi) is 17.9. The molecule has 0 aliphatic heterocycles. The van der Waals surface area contributed by atoms with Crippen LogP contribution in [0.15, 0.2) is 22.8 Å². The van der Waals surface area contributed by atoms with Crippen molar-refractivity contribution in [3.05, 3.63) is 22.8 Å². The number of esters is 2. The van der Waals surface area contributed by atoms with Gasteiger partial charge < -0.3 is 23.1 Å². The summed E-state index contributed by atoms with van der Waals surface area (Å²) in [7, 11) is -2.74. The van der Waals surface area contributed by atoms with Gasteiger partial charge in [-0.05, 0) is 74.6 Å². The van der Waals surface area contributed by atoms with Crippen LogP contribution in [0, 0.1) is 5.92 Å². The van der Waals surface area contributed by atoms with Gasteiger partial charge in [0.15, 0.2) is 16.6 Å². The Balaban J connectivity index is 3.46. The van der Waals surface area contributed by atoms with E-state index in [4.69, 9.17) is 23.1 Å². The summed E-state index contributed by atoms with van der Waals surface area (Å²) in [6.45, 7) is 28.1. The van der Waals surface area contributed by atoms with Gasteiger partial charge in [0.05, 0.1) is 19.3 Å². The molecule has 262 valence electrons. The highest BCUT2D eigenvalue weighted by atomic mass is 32.2. The minimum absolute atomic E-state index is 0.0405. The number of rotatable bonds is 20. The first-order valence-corrected chi connectivity index (χ1v) is 23.8. The molecule has 0 amide bonds. The van der Waals surface area contributed by atoms with E-state index in [2.05, 4.69) is 79.9 Å². The number of unbranched alkanes of at least 4 members (excludes halogenated alkanes) is 2. The molecule has 0 fully saturated rings. The summed E-state index contributed by atoms with van der Waals surface area (Å²) < 4.78 is 30.6. The van der Waals surface area contributed by atoms with Crippen molar-refractivity contribution < 1.29 is 32.7 Å². The van der Waals surface area contributed by atoms with E-state index in [1.165, 1.54) is 7.11 Å². The summed E-state index contributed by atoms with van der Waals surface area (Å²) in [5.74, 6) is 1.23.